The van der Waals surface area contributed by atoms with Gasteiger partial charge < -0.3 is 4.90 Å². The van der Waals surface area contributed by atoms with Crippen LogP contribution < -0.4 is 4.90 Å². The maximum Gasteiger partial charge on any atom is 0.243 e. The molecule has 1 aliphatic rings. The Bertz CT molecular complexity index is 897. The van der Waals surface area contributed by atoms with Crippen LogP contribution in [0.25, 0.3) is 0 Å². The van der Waals surface area contributed by atoms with Crippen LogP contribution in [0.1, 0.15) is 24.0 Å². The zero-order valence-electron chi connectivity index (χ0n) is 14.2. The van der Waals surface area contributed by atoms with Gasteiger partial charge in [-0.2, -0.15) is 9.57 Å². The van der Waals surface area contributed by atoms with Crippen LogP contribution in [-0.4, -0.2) is 32.9 Å². The average Bonchev–Trinajstić information content (AvgIpc) is 3.16. The standard InChI is InChI=1S/C19H21N3O2S/c1-21(25(23,24)18-9-6-7-16(13-18)14-20)15-17-8-2-3-10-19(17)22-11-4-5-12-22/h2-3,6-10,13H,4-5,11-12,15H2,1H3. The van der Waals surface area contributed by atoms with Crippen LogP contribution in [-0.2, 0) is 16.6 Å². The molecular formula is C19H21N3O2S. The molecule has 0 aliphatic carbocycles. The summed E-state index contributed by atoms with van der Waals surface area (Å²) in [6.45, 7) is 2.32. The first kappa shape index (κ1) is 17.5. The molecule has 0 amide bonds. The highest BCUT2D eigenvalue weighted by Gasteiger charge is 2.23. The molecule has 0 spiro atoms. The highest BCUT2D eigenvalue weighted by atomic mass is 32.2. The second-order valence-electron chi connectivity index (χ2n) is 6.22. The minimum Gasteiger partial charge on any atom is -0.371 e. The molecule has 1 saturated heterocycles. The number of sulfonamides is 1. The van der Waals surface area contributed by atoms with E-state index in [9.17, 15) is 8.42 Å². The molecule has 0 N–H and O–H groups in total. The number of benzene rings is 2. The molecule has 1 fully saturated rings. The number of hydrogen-bond acceptors (Lipinski definition) is 4. The third-order valence-corrected chi connectivity index (χ3v) is 6.30. The molecular weight excluding hydrogens is 334 g/mol. The quantitative estimate of drug-likeness (QED) is 0.827. The van der Waals surface area contributed by atoms with Crippen molar-refractivity contribution in [2.75, 3.05) is 25.0 Å². The van der Waals surface area contributed by atoms with Crippen molar-refractivity contribution in [1.29, 1.82) is 5.26 Å². The van der Waals surface area contributed by atoms with Gasteiger partial charge in [-0.05, 0) is 42.7 Å². The van der Waals surface area contributed by atoms with E-state index in [1.807, 2.05) is 24.3 Å². The second-order valence-corrected chi connectivity index (χ2v) is 8.27. The molecule has 0 saturated carbocycles. The monoisotopic (exact) mass is 355 g/mol. The number of para-hydroxylation sites is 1. The fourth-order valence-corrected chi connectivity index (χ4v) is 4.34. The van der Waals surface area contributed by atoms with Gasteiger partial charge in [0.25, 0.3) is 0 Å². The molecule has 2 aromatic carbocycles. The number of rotatable bonds is 5. The van der Waals surface area contributed by atoms with Crippen molar-refractivity contribution < 1.29 is 8.42 Å². The summed E-state index contributed by atoms with van der Waals surface area (Å²) >= 11 is 0. The second kappa shape index (κ2) is 7.26. The van der Waals surface area contributed by atoms with Crippen LogP contribution in [0.3, 0.4) is 0 Å². The molecule has 0 aromatic heterocycles. The Morgan fingerprint density at radius 1 is 1.12 bits per heavy atom. The van der Waals surface area contributed by atoms with Gasteiger partial charge in [0.1, 0.15) is 0 Å². The summed E-state index contributed by atoms with van der Waals surface area (Å²) < 4.78 is 27.0. The average molecular weight is 355 g/mol. The van der Waals surface area contributed by atoms with Gasteiger partial charge in [0, 0.05) is 32.4 Å². The zero-order valence-corrected chi connectivity index (χ0v) is 15.0. The maximum atomic E-state index is 12.8. The van der Waals surface area contributed by atoms with Gasteiger partial charge in [0.2, 0.25) is 10.0 Å². The molecule has 5 nitrogen and oxygen atoms in total. The molecule has 0 bridgehead atoms. The summed E-state index contributed by atoms with van der Waals surface area (Å²) in [5.41, 5.74) is 2.44. The van der Waals surface area contributed by atoms with Crippen molar-refractivity contribution >= 4 is 15.7 Å². The molecule has 0 unspecified atom stereocenters. The van der Waals surface area contributed by atoms with Crippen molar-refractivity contribution in [3.63, 3.8) is 0 Å². The van der Waals surface area contributed by atoms with Crippen LogP contribution in [0.15, 0.2) is 53.4 Å². The van der Waals surface area contributed by atoms with Crippen molar-refractivity contribution in [1.82, 2.24) is 4.31 Å². The van der Waals surface area contributed by atoms with Crippen molar-refractivity contribution in [2.24, 2.45) is 0 Å². The first-order valence-electron chi connectivity index (χ1n) is 8.32. The van der Waals surface area contributed by atoms with Crippen molar-refractivity contribution in [3.05, 3.63) is 59.7 Å². The van der Waals surface area contributed by atoms with E-state index in [-0.39, 0.29) is 4.90 Å². The molecule has 0 atom stereocenters. The molecule has 6 heteroatoms. The fourth-order valence-electron chi connectivity index (χ4n) is 3.14. The third-order valence-electron chi connectivity index (χ3n) is 4.50. The largest absolute Gasteiger partial charge is 0.371 e. The summed E-state index contributed by atoms with van der Waals surface area (Å²) in [7, 11) is -2.07. The Labute approximate surface area is 149 Å². The van der Waals surface area contributed by atoms with Crippen LogP contribution >= 0.6 is 0 Å². The van der Waals surface area contributed by atoms with Gasteiger partial charge in [-0.1, -0.05) is 24.3 Å². The van der Waals surface area contributed by atoms with E-state index >= 15 is 0 Å². The predicted octanol–water partition coefficient (Wildman–Crippen LogP) is 2.98. The zero-order chi connectivity index (χ0) is 17.9. The highest BCUT2D eigenvalue weighted by molar-refractivity contribution is 7.89. The van der Waals surface area contributed by atoms with Crippen LogP contribution in [0.4, 0.5) is 5.69 Å². The Morgan fingerprint density at radius 2 is 1.84 bits per heavy atom. The van der Waals surface area contributed by atoms with E-state index in [2.05, 4.69) is 11.0 Å². The van der Waals surface area contributed by atoms with E-state index in [1.54, 1.807) is 19.2 Å². The predicted molar refractivity (Wildman–Crippen MR) is 97.7 cm³/mol. The Balaban J connectivity index is 1.87. The smallest absolute Gasteiger partial charge is 0.243 e. The maximum absolute atomic E-state index is 12.8. The minimum atomic E-state index is -3.65. The molecule has 130 valence electrons. The van der Waals surface area contributed by atoms with Gasteiger partial charge in [-0.25, -0.2) is 8.42 Å². The van der Waals surface area contributed by atoms with E-state index in [0.717, 1.165) is 24.3 Å². The minimum absolute atomic E-state index is 0.146. The molecule has 3 rings (SSSR count). The lowest BCUT2D eigenvalue weighted by atomic mass is 10.1. The number of nitriles is 1. The third kappa shape index (κ3) is 3.68. The van der Waals surface area contributed by atoms with Gasteiger partial charge >= 0.3 is 0 Å². The SMILES string of the molecule is CN(Cc1ccccc1N1CCCC1)S(=O)(=O)c1cccc(C#N)c1. The summed E-state index contributed by atoms with van der Waals surface area (Å²) in [5, 5.41) is 9.00. The van der Waals surface area contributed by atoms with Crippen molar-refractivity contribution in [2.45, 2.75) is 24.3 Å². The van der Waals surface area contributed by atoms with E-state index in [4.69, 9.17) is 5.26 Å². The van der Waals surface area contributed by atoms with Gasteiger partial charge in [-0.3, -0.25) is 0 Å². The van der Waals surface area contributed by atoms with Gasteiger partial charge in [-0.15, -0.1) is 0 Å². The summed E-state index contributed by atoms with van der Waals surface area (Å²) in [4.78, 5) is 2.46. The Hall–Kier alpha value is -2.36. The lowest BCUT2D eigenvalue weighted by molar-refractivity contribution is 0.466. The van der Waals surface area contributed by atoms with E-state index < -0.39 is 10.0 Å². The van der Waals surface area contributed by atoms with Crippen LogP contribution in [0, 0.1) is 11.3 Å². The number of hydrogen-bond donors (Lipinski definition) is 0. The van der Waals surface area contributed by atoms with E-state index in [1.165, 1.54) is 29.3 Å². The first-order chi connectivity index (χ1) is 12.0. The normalized spacial score (nSPS) is 14.7. The topological polar surface area (TPSA) is 64.4 Å². The Morgan fingerprint density at radius 3 is 2.56 bits per heavy atom. The Kier molecular flexibility index (Phi) is 5.07. The molecule has 0 radical (unpaired) electrons. The lowest BCUT2D eigenvalue weighted by Crippen LogP contribution is -2.28. The van der Waals surface area contributed by atoms with E-state index in [0.29, 0.717) is 12.1 Å². The van der Waals surface area contributed by atoms with Gasteiger partial charge in [0.05, 0.1) is 16.5 Å². The summed E-state index contributed by atoms with van der Waals surface area (Å²) in [6, 6.07) is 16.1. The lowest BCUT2D eigenvalue weighted by Gasteiger charge is -2.24. The first-order valence-corrected chi connectivity index (χ1v) is 9.76. The summed E-state index contributed by atoms with van der Waals surface area (Å²) in [6.07, 6.45) is 2.34. The molecule has 2 aromatic rings. The number of nitrogens with zero attached hydrogens (tertiary/aromatic N) is 3. The van der Waals surface area contributed by atoms with Gasteiger partial charge in [0.15, 0.2) is 0 Å². The summed E-state index contributed by atoms with van der Waals surface area (Å²) in [5.74, 6) is 0. The molecule has 1 heterocycles. The highest BCUT2D eigenvalue weighted by Crippen LogP contribution is 2.27. The van der Waals surface area contributed by atoms with Crippen LogP contribution in [0.2, 0.25) is 0 Å². The molecule has 25 heavy (non-hydrogen) atoms. The van der Waals surface area contributed by atoms with Crippen molar-refractivity contribution in [3.8, 4) is 6.07 Å². The fraction of sp³-hybridized carbons (Fsp3) is 0.316. The molecule has 1 aliphatic heterocycles. The van der Waals surface area contributed by atoms with Crippen LogP contribution in [0.5, 0.6) is 0 Å². The number of anilines is 1.